The third kappa shape index (κ3) is 6.22. The Labute approximate surface area is 105 Å². The lowest BCUT2D eigenvalue weighted by atomic mass is 10.4. The number of nitrogens with zero attached hydrogens (tertiary/aromatic N) is 2. The number of rotatable bonds is 6. The fraction of sp³-hybridized carbons (Fsp3) is 0.444. The van der Waals surface area contributed by atoms with Crippen molar-refractivity contribution in [1.82, 2.24) is 9.97 Å². The number of halogens is 3. The Morgan fingerprint density at radius 3 is 2.82 bits per heavy atom. The van der Waals surface area contributed by atoms with E-state index in [0.29, 0.717) is 10.4 Å². The summed E-state index contributed by atoms with van der Waals surface area (Å²) in [7, 11) is 0. The molecular weight excluding hydrogens is 300 g/mol. The summed E-state index contributed by atoms with van der Waals surface area (Å²) in [5.41, 5.74) is 0. The summed E-state index contributed by atoms with van der Waals surface area (Å²) in [6.07, 6.45) is 0.283. The fourth-order valence-corrected chi connectivity index (χ4v) is 1.12. The van der Waals surface area contributed by atoms with Gasteiger partial charge in [-0.25, -0.2) is 18.7 Å². The molecule has 0 aromatic carbocycles. The molecule has 0 bridgehead atoms. The first-order valence-electron chi connectivity index (χ1n) is 4.71. The molecule has 0 atom stereocenters. The first-order valence-corrected chi connectivity index (χ1v) is 5.50. The zero-order chi connectivity index (χ0) is 12.7. The average Bonchev–Trinajstić information content (AvgIpc) is 2.27. The lowest BCUT2D eigenvalue weighted by molar-refractivity contribution is -0.117. The van der Waals surface area contributed by atoms with Crippen molar-refractivity contribution in [2.45, 2.75) is 12.8 Å². The minimum absolute atomic E-state index is 0.00946. The topological polar surface area (TPSA) is 64.1 Å². The van der Waals surface area contributed by atoms with Crippen LogP contribution in [-0.4, -0.2) is 35.5 Å². The van der Waals surface area contributed by atoms with E-state index in [0.717, 1.165) is 0 Å². The van der Waals surface area contributed by atoms with Gasteiger partial charge in [0, 0.05) is 0 Å². The van der Waals surface area contributed by atoms with E-state index >= 15 is 0 Å². The van der Waals surface area contributed by atoms with Crippen LogP contribution in [0.3, 0.4) is 0 Å². The highest BCUT2D eigenvalue weighted by atomic mass is 79.9. The van der Waals surface area contributed by atoms with Gasteiger partial charge in [0.15, 0.2) is 5.82 Å². The normalized spacial score (nSPS) is 10.6. The summed E-state index contributed by atoms with van der Waals surface area (Å²) in [5.74, 6) is -0.0667. The van der Waals surface area contributed by atoms with Crippen molar-refractivity contribution < 1.29 is 18.3 Å². The van der Waals surface area contributed by atoms with E-state index in [-0.39, 0.29) is 18.9 Å². The highest BCUT2D eigenvalue weighted by Crippen LogP contribution is 2.06. The van der Waals surface area contributed by atoms with Crippen LogP contribution >= 0.6 is 15.9 Å². The van der Waals surface area contributed by atoms with E-state index < -0.39 is 13.0 Å². The number of hydrogen-bond acceptors (Lipinski definition) is 4. The molecular formula is C9H10BrF2N3O2. The molecule has 1 rings (SSSR count). The third-order valence-corrected chi connectivity index (χ3v) is 2.01. The van der Waals surface area contributed by atoms with Crippen molar-refractivity contribution in [3.63, 3.8) is 0 Å². The van der Waals surface area contributed by atoms with Crippen LogP contribution in [-0.2, 0) is 9.53 Å². The van der Waals surface area contributed by atoms with Gasteiger partial charge in [-0.2, -0.15) is 0 Å². The van der Waals surface area contributed by atoms with Crippen LogP contribution in [0.5, 0.6) is 0 Å². The second-order valence-corrected chi connectivity index (χ2v) is 3.80. The van der Waals surface area contributed by atoms with E-state index in [2.05, 4.69) is 36.0 Å². The number of carbonyl (C=O) groups is 1. The maximum absolute atomic E-state index is 11.7. The van der Waals surface area contributed by atoms with Crippen LogP contribution in [0.4, 0.5) is 14.6 Å². The largest absolute Gasteiger partial charge is 0.375 e. The standard InChI is InChI=1S/C9H10BrF2N3O2/c10-6-3-14-8(4-13-6)15-9(16)1-2-17-5-7(11)12/h3-4,7H,1-2,5H2,(H,14,15,16). The SMILES string of the molecule is O=C(CCOCC(F)F)Nc1cnc(Br)cn1. The van der Waals surface area contributed by atoms with Gasteiger partial charge in [-0.1, -0.05) is 0 Å². The van der Waals surface area contributed by atoms with Crippen LogP contribution in [0.1, 0.15) is 6.42 Å². The summed E-state index contributed by atoms with van der Waals surface area (Å²) in [4.78, 5) is 19.0. The predicted octanol–water partition coefficient (Wildman–Crippen LogP) is 1.85. The molecule has 0 fully saturated rings. The number of nitrogens with one attached hydrogen (secondary N) is 1. The molecule has 0 aliphatic rings. The van der Waals surface area contributed by atoms with Gasteiger partial charge in [0.2, 0.25) is 5.91 Å². The minimum Gasteiger partial charge on any atom is -0.375 e. The van der Waals surface area contributed by atoms with Gasteiger partial charge >= 0.3 is 0 Å². The monoisotopic (exact) mass is 309 g/mol. The first-order chi connectivity index (χ1) is 8.08. The maximum Gasteiger partial charge on any atom is 0.261 e. The van der Waals surface area contributed by atoms with E-state index in [1.165, 1.54) is 12.4 Å². The lowest BCUT2D eigenvalue weighted by Gasteiger charge is -2.04. The summed E-state index contributed by atoms with van der Waals surface area (Å²) < 4.78 is 28.5. The zero-order valence-corrected chi connectivity index (χ0v) is 10.3. The highest BCUT2D eigenvalue weighted by molar-refractivity contribution is 9.10. The van der Waals surface area contributed by atoms with Crippen molar-refractivity contribution in [3.05, 3.63) is 17.0 Å². The Morgan fingerprint density at radius 2 is 2.24 bits per heavy atom. The van der Waals surface area contributed by atoms with Crippen molar-refractivity contribution in [2.75, 3.05) is 18.5 Å². The van der Waals surface area contributed by atoms with Crippen molar-refractivity contribution in [2.24, 2.45) is 0 Å². The number of aromatic nitrogens is 2. The smallest absolute Gasteiger partial charge is 0.261 e. The fourth-order valence-electron chi connectivity index (χ4n) is 0.919. The molecule has 17 heavy (non-hydrogen) atoms. The van der Waals surface area contributed by atoms with Crippen LogP contribution in [0.25, 0.3) is 0 Å². The third-order valence-electron chi connectivity index (χ3n) is 1.61. The molecule has 1 heterocycles. The molecule has 0 saturated heterocycles. The van der Waals surface area contributed by atoms with Gasteiger partial charge in [0.05, 0.1) is 25.4 Å². The number of alkyl halides is 2. The Hall–Kier alpha value is -1.15. The van der Waals surface area contributed by atoms with Crippen LogP contribution in [0.2, 0.25) is 0 Å². The van der Waals surface area contributed by atoms with E-state index in [1.54, 1.807) is 0 Å². The molecule has 8 heteroatoms. The first kappa shape index (κ1) is 13.9. The second-order valence-electron chi connectivity index (χ2n) is 2.99. The number of hydrogen-bond donors (Lipinski definition) is 1. The van der Waals surface area contributed by atoms with Crippen LogP contribution in [0, 0.1) is 0 Å². The van der Waals surface area contributed by atoms with Gasteiger partial charge < -0.3 is 10.1 Å². The number of ether oxygens (including phenoxy) is 1. The average molecular weight is 310 g/mol. The summed E-state index contributed by atoms with van der Waals surface area (Å²) in [6, 6.07) is 0. The molecule has 0 aliphatic heterocycles. The quantitative estimate of drug-likeness (QED) is 0.815. The van der Waals surface area contributed by atoms with Crippen LogP contribution < -0.4 is 5.32 Å². The molecule has 0 unspecified atom stereocenters. The second kappa shape index (κ2) is 7.23. The lowest BCUT2D eigenvalue weighted by Crippen LogP contribution is -2.16. The molecule has 94 valence electrons. The van der Waals surface area contributed by atoms with Crippen molar-refractivity contribution in [1.29, 1.82) is 0 Å². The molecule has 0 saturated carbocycles. The van der Waals surface area contributed by atoms with E-state index in [9.17, 15) is 13.6 Å². The molecule has 1 N–H and O–H groups in total. The number of carbonyl (C=O) groups excluding carboxylic acids is 1. The molecule has 1 amide bonds. The Kier molecular flexibility index (Phi) is 5.92. The van der Waals surface area contributed by atoms with Crippen molar-refractivity contribution in [3.8, 4) is 0 Å². The molecule has 1 aromatic rings. The number of amides is 1. The van der Waals surface area contributed by atoms with Crippen LogP contribution in [0.15, 0.2) is 17.0 Å². The molecule has 5 nitrogen and oxygen atoms in total. The van der Waals surface area contributed by atoms with Gasteiger partial charge in [-0.3, -0.25) is 4.79 Å². The van der Waals surface area contributed by atoms with Gasteiger partial charge in [0.1, 0.15) is 11.2 Å². The molecule has 0 spiro atoms. The van der Waals surface area contributed by atoms with E-state index in [4.69, 9.17) is 0 Å². The van der Waals surface area contributed by atoms with Gasteiger partial charge in [-0.05, 0) is 15.9 Å². The van der Waals surface area contributed by atoms with E-state index in [1.807, 2.05) is 0 Å². The maximum atomic E-state index is 11.7. The highest BCUT2D eigenvalue weighted by Gasteiger charge is 2.06. The summed E-state index contributed by atoms with van der Waals surface area (Å²) >= 11 is 3.10. The van der Waals surface area contributed by atoms with Gasteiger partial charge in [-0.15, -0.1) is 0 Å². The zero-order valence-electron chi connectivity index (χ0n) is 8.70. The minimum atomic E-state index is -2.52. The molecule has 1 aromatic heterocycles. The van der Waals surface area contributed by atoms with Crippen molar-refractivity contribution >= 4 is 27.7 Å². The van der Waals surface area contributed by atoms with Gasteiger partial charge in [0.25, 0.3) is 6.43 Å². The predicted molar refractivity (Wildman–Crippen MR) is 59.8 cm³/mol. The number of anilines is 1. The Balaban J connectivity index is 2.23. The Morgan fingerprint density at radius 1 is 1.47 bits per heavy atom. The summed E-state index contributed by atoms with van der Waals surface area (Å²) in [5, 5.41) is 2.46. The summed E-state index contributed by atoms with van der Waals surface area (Å²) in [6.45, 7) is -0.717. The Bertz CT molecular complexity index is 362. The molecule has 0 radical (unpaired) electrons. The molecule has 0 aliphatic carbocycles.